The highest BCUT2D eigenvalue weighted by Crippen LogP contribution is 2.23. The van der Waals surface area contributed by atoms with Gasteiger partial charge in [-0.25, -0.2) is 0 Å². The topological polar surface area (TPSA) is 52.6 Å². The maximum atomic E-state index is 12.2. The Hall–Kier alpha value is -1.26. The van der Waals surface area contributed by atoms with E-state index in [1.807, 2.05) is 14.1 Å². The van der Waals surface area contributed by atoms with Crippen molar-refractivity contribution < 1.29 is 9.90 Å². The lowest BCUT2D eigenvalue weighted by Gasteiger charge is -2.24. The Labute approximate surface area is 125 Å². The van der Waals surface area contributed by atoms with Crippen molar-refractivity contribution in [3.05, 3.63) is 28.8 Å². The number of phenols is 1. The molecule has 0 bridgehead atoms. The SMILES string of the molecule is CC(C)CC(CN(C)C)NC(=O)c1ccc(O)c(Cl)c1. The number of nitrogens with zero attached hydrogens (tertiary/aromatic N) is 1. The summed E-state index contributed by atoms with van der Waals surface area (Å²) in [6.45, 7) is 5.05. The molecular weight excluding hydrogens is 276 g/mol. The van der Waals surface area contributed by atoms with Crippen molar-refractivity contribution >= 4 is 17.5 Å². The zero-order valence-electron chi connectivity index (χ0n) is 12.5. The molecule has 0 aliphatic carbocycles. The predicted molar refractivity (Wildman–Crippen MR) is 82.4 cm³/mol. The van der Waals surface area contributed by atoms with Crippen molar-refractivity contribution in [1.29, 1.82) is 0 Å². The van der Waals surface area contributed by atoms with Gasteiger partial charge in [0.25, 0.3) is 5.91 Å². The zero-order chi connectivity index (χ0) is 15.3. The molecule has 1 unspecified atom stereocenters. The summed E-state index contributed by atoms with van der Waals surface area (Å²) in [5, 5.41) is 12.6. The number of benzene rings is 1. The van der Waals surface area contributed by atoms with E-state index < -0.39 is 0 Å². The molecule has 0 aromatic heterocycles. The van der Waals surface area contributed by atoms with E-state index in [2.05, 4.69) is 24.1 Å². The number of amides is 1. The van der Waals surface area contributed by atoms with Crippen LogP contribution in [0.5, 0.6) is 5.75 Å². The first-order chi connectivity index (χ1) is 9.29. The van der Waals surface area contributed by atoms with Crippen molar-refractivity contribution in [3.63, 3.8) is 0 Å². The molecule has 0 saturated carbocycles. The molecule has 0 aliphatic rings. The highest BCUT2D eigenvalue weighted by Gasteiger charge is 2.16. The summed E-state index contributed by atoms with van der Waals surface area (Å²) in [7, 11) is 3.97. The Kier molecular flexibility index (Phi) is 6.30. The van der Waals surface area contributed by atoms with E-state index in [9.17, 15) is 9.90 Å². The molecule has 1 aromatic carbocycles. The average Bonchev–Trinajstić information content (AvgIpc) is 2.30. The van der Waals surface area contributed by atoms with Crippen LogP contribution in [-0.4, -0.2) is 42.6 Å². The third-order valence-electron chi connectivity index (χ3n) is 2.89. The molecule has 1 rings (SSSR count). The first-order valence-electron chi connectivity index (χ1n) is 6.73. The van der Waals surface area contributed by atoms with E-state index in [0.717, 1.165) is 13.0 Å². The number of phenolic OH excluding ortho intramolecular Hbond substituents is 1. The lowest BCUT2D eigenvalue weighted by atomic mass is 10.0. The van der Waals surface area contributed by atoms with Crippen LogP contribution in [0.1, 0.15) is 30.6 Å². The molecule has 112 valence electrons. The van der Waals surface area contributed by atoms with Gasteiger partial charge < -0.3 is 15.3 Å². The minimum Gasteiger partial charge on any atom is -0.506 e. The van der Waals surface area contributed by atoms with Gasteiger partial charge in [0.15, 0.2) is 0 Å². The van der Waals surface area contributed by atoms with E-state index in [1.54, 1.807) is 6.07 Å². The summed E-state index contributed by atoms with van der Waals surface area (Å²) in [4.78, 5) is 14.3. The fourth-order valence-electron chi connectivity index (χ4n) is 2.11. The van der Waals surface area contributed by atoms with Gasteiger partial charge in [-0.05, 0) is 44.6 Å². The molecule has 0 radical (unpaired) electrons. The van der Waals surface area contributed by atoms with Crippen LogP contribution in [0.3, 0.4) is 0 Å². The van der Waals surface area contributed by atoms with Crippen molar-refractivity contribution in [2.45, 2.75) is 26.3 Å². The van der Waals surface area contributed by atoms with Crippen LogP contribution in [0.4, 0.5) is 0 Å². The Bertz CT molecular complexity index is 451. The highest BCUT2D eigenvalue weighted by molar-refractivity contribution is 6.32. The fourth-order valence-corrected chi connectivity index (χ4v) is 2.29. The van der Waals surface area contributed by atoms with Crippen molar-refractivity contribution in [1.82, 2.24) is 10.2 Å². The van der Waals surface area contributed by atoms with Crippen LogP contribution >= 0.6 is 11.6 Å². The Morgan fingerprint density at radius 3 is 2.55 bits per heavy atom. The first-order valence-corrected chi connectivity index (χ1v) is 7.11. The fraction of sp³-hybridized carbons (Fsp3) is 0.533. The number of hydrogen-bond acceptors (Lipinski definition) is 3. The summed E-state index contributed by atoms with van der Waals surface area (Å²) in [6.07, 6.45) is 0.912. The van der Waals surface area contributed by atoms with Gasteiger partial charge in [-0.1, -0.05) is 25.4 Å². The molecule has 0 spiro atoms. The van der Waals surface area contributed by atoms with Crippen LogP contribution in [0.2, 0.25) is 5.02 Å². The number of halogens is 1. The summed E-state index contributed by atoms with van der Waals surface area (Å²) in [5.74, 6) is 0.318. The second-order valence-corrected chi connectivity index (χ2v) is 6.14. The third-order valence-corrected chi connectivity index (χ3v) is 3.19. The van der Waals surface area contributed by atoms with E-state index in [-0.39, 0.29) is 22.7 Å². The highest BCUT2D eigenvalue weighted by atomic mass is 35.5. The molecular formula is C15H23ClN2O2. The van der Waals surface area contributed by atoms with Gasteiger partial charge in [0.2, 0.25) is 0 Å². The molecule has 1 amide bonds. The molecule has 1 atom stereocenters. The lowest BCUT2D eigenvalue weighted by molar-refractivity contribution is 0.0924. The maximum absolute atomic E-state index is 12.2. The molecule has 5 heteroatoms. The van der Waals surface area contributed by atoms with Gasteiger partial charge in [0.1, 0.15) is 5.75 Å². The quantitative estimate of drug-likeness (QED) is 0.849. The average molecular weight is 299 g/mol. The number of carbonyl (C=O) groups is 1. The Balaban J connectivity index is 2.76. The third kappa shape index (κ3) is 5.39. The van der Waals surface area contributed by atoms with Gasteiger partial charge in [-0.3, -0.25) is 4.79 Å². The van der Waals surface area contributed by atoms with Crippen LogP contribution in [-0.2, 0) is 0 Å². The number of nitrogens with one attached hydrogen (secondary N) is 1. The maximum Gasteiger partial charge on any atom is 0.251 e. The van der Waals surface area contributed by atoms with Gasteiger partial charge in [-0.2, -0.15) is 0 Å². The summed E-state index contributed by atoms with van der Waals surface area (Å²) in [5.41, 5.74) is 0.459. The van der Waals surface area contributed by atoms with Gasteiger partial charge in [0.05, 0.1) is 5.02 Å². The van der Waals surface area contributed by atoms with Crippen LogP contribution in [0.15, 0.2) is 18.2 Å². The van der Waals surface area contributed by atoms with Gasteiger partial charge in [-0.15, -0.1) is 0 Å². The number of rotatable bonds is 6. The van der Waals surface area contributed by atoms with Crippen LogP contribution < -0.4 is 5.32 Å². The largest absolute Gasteiger partial charge is 0.506 e. The van der Waals surface area contributed by atoms with Crippen LogP contribution in [0, 0.1) is 5.92 Å². The van der Waals surface area contributed by atoms with Gasteiger partial charge in [0, 0.05) is 18.2 Å². The molecule has 2 N–H and O–H groups in total. The second-order valence-electron chi connectivity index (χ2n) is 5.73. The van der Waals surface area contributed by atoms with Crippen molar-refractivity contribution in [3.8, 4) is 5.75 Å². The standard InChI is InChI=1S/C15H23ClN2O2/c1-10(2)7-12(9-18(3)4)17-15(20)11-5-6-14(19)13(16)8-11/h5-6,8,10,12,19H,7,9H2,1-4H3,(H,17,20). The minimum absolute atomic E-state index is 0.0183. The summed E-state index contributed by atoms with van der Waals surface area (Å²) >= 11 is 5.82. The number of aromatic hydroxyl groups is 1. The summed E-state index contributed by atoms with van der Waals surface area (Å²) < 4.78 is 0. The van der Waals surface area contributed by atoms with E-state index >= 15 is 0 Å². The number of likely N-dealkylation sites (N-methyl/N-ethyl adjacent to an activating group) is 1. The van der Waals surface area contributed by atoms with E-state index in [4.69, 9.17) is 11.6 Å². The summed E-state index contributed by atoms with van der Waals surface area (Å²) in [6, 6.07) is 4.57. The van der Waals surface area contributed by atoms with Gasteiger partial charge >= 0.3 is 0 Å². The number of hydrogen-bond donors (Lipinski definition) is 2. The monoisotopic (exact) mass is 298 g/mol. The Morgan fingerprint density at radius 1 is 1.40 bits per heavy atom. The van der Waals surface area contributed by atoms with Crippen LogP contribution in [0.25, 0.3) is 0 Å². The minimum atomic E-state index is -0.167. The molecule has 0 aliphatic heterocycles. The molecule has 1 aromatic rings. The zero-order valence-corrected chi connectivity index (χ0v) is 13.2. The van der Waals surface area contributed by atoms with Crippen molar-refractivity contribution in [2.24, 2.45) is 5.92 Å². The molecule has 0 saturated heterocycles. The van der Waals surface area contributed by atoms with Crippen molar-refractivity contribution in [2.75, 3.05) is 20.6 Å². The normalized spacial score (nSPS) is 12.8. The molecule has 20 heavy (non-hydrogen) atoms. The predicted octanol–water partition coefficient (Wildman–Crippen LogP) is 2.75. The molecule has 0 heterocycles. The second kappa shape index (κ2) is 7.50. The number of carbonyl (C=O) groups excluding carboxylic acids is 1. The smallest absolute Gasteiger partial charge is 0.251 e. The Morgan fingerprint density at radius 2 is 2.05 bits per heavy atom. The van der Waals surface area contributed by atoms with E-state index in [1.165, 1.54) is 12.1 Å². The van der Waals surface area contributed by atoms with E-state index in [0.29, 0.717) is 11.5 Å². The molecule has 0 fully saturated rings. The molecule has 4 nitrogen and oxygen atoms in total. The first kappa shape index (κ1) is 16.8. The lowest BCUT2D eigenvalue weighted by Crippen LogP contribution is -2.42.